The van der Waals surface area contributed by atoms with Crippen molar-refractivity contribution in [3.8, 4) is 0 Å². The summed E-state index contributed by atoms with van der Waals surface area (Å²) in [4.78, 5) is 0. The largest absolute Gasteiger partial charge is 0.375 e. The third kappa shape index (κ3) is 3.50. The van der Waals surface area contributed by atoms with E-state index in [-0.39, 0.29) is 0 Å². The van der Waals surface area contributed by atoms with Gasteiger partial charge in [-0.2, -0.15) is 0 Å². The van der Waals surface area contributed by atoms with Crippen molar-refractivity contribution < 1.29 is 4.74 Å². The Morgan fingerprint density at radius 3 is 2.93 bits per heavy atom. The lowest BCUT2D eigenvalue weighted by atomic mass is 10.1. The highest BCUT2D eigenvalue weighted by Gasteiger charge is 2.10. The summed E-state index contributed by atoms with van der Waals surface area (Å²) in [6, 6.07) is 10.4. The molecule has 1 fully saturated rings. The zero-order chi connectivity index (χ0) is 10.3. The van der Waals surface area contributed by atoms with Crippen LogP contribution >= 0.6 is 0 Å². The lowest BCUT2D eigenvalue weighted by Gasteiger charge is -2.22. The van der Waals surface area contributed by atoms with Gasteiger partial charge < -0.3 is 10.1 Å². The van der Waals surface area contributed by atoms with E-state index in [1.54, 1.807) is 0 Å². The van der Waals surface area contributed by atoms with Crippen molar-refractivity contribution in [2.24, 2.45) is 0 Å². The minimum Gasteiger partial charge on any atom is -0.375 e. The van der Waals surface area contributed by atoms with Gasteiger partial charge in [0, 0.05) is 13.1 Å². The lowest BCUT2D eigenvalue weighted by molar-refractivity contribution is 0.0310. The summed E-state index contributed by atoms with van der Waals surface area (Å²) in [5, 5.41) is 3.32. The monoisotopic (exact) mass is 203 g/mol. The molecule has 0 aromatic heterocycles. The van der Waals surface area contributed by atoms with E-state index in [9.17, 15) is 0 Å². The first-order valence-corrected chi connectivity index (χ1v) is 5.49. The highest BCUT2D eigenvalue weighted by atomic mass is 16.5. The summed E-state index contributed by atoms with van der Waals surface area (Å²) in [7, 11) is 0. The molecule has 1 atom stereocenters. The normalized spacial score (nSPS) is 22.0. The SMILES string of the molecule is C(=Cc1ccccc1)CC1CNCCO1. The second kappa shape index (κ2) is 5.69. The molecule has 1 unspecified atom stereocenters. The molecule has 0 bridgehead atoms. The number of benzene rings is 1. The minimum absolute atomic E-state index is 0.346. The molecule has 0 radical (unpaired) electrons. The van der Waals surface area contributed by atoms with Crippen LogP contribution in [0.3, 0.4) is 0 Å². The van der Waals surface area contributed by atoms with Gasteiger partial charge >= 0.3 is 0 Å². The summed E-state index contributed by atoms with van der Waals surface area (Å²) < 4.78 is 5.60. The number of hydrogen-bond donors (Lipinski definition) is 1. The zero-order valence-corrected chi connectivity index (χ0v) is 8.86. The molecule has 2 heteroatoms. The van der Waals surface area contributed by atoms with Gasteiger partial charge in [0.25, 0.3) is 0 Å². The molecule has 1 aliphatic rings. The van der Waals surface area contributed by atoms with Gasteiger partial charge in [-0.25, -0.2) is 0 Å². The summed E-state index contributed by atoms with van der Waals surface area (Å²) in [6.07, 6.45) is 5.67. The maximum absolute atomic E-state index is 5.60. The smallest absolute Gasteiger partial charge is 0.0734 e. The predicted octanol–water partition coefficient (Wildman–Crippen LogP) is 2.08. The summed E-state index contributed by atoms with van der Waals surface area (Å²) in [5.41, 5.74) is 1.25. The van der Waals surface area contributed by atoms with Crippen molar-refractivity contribution in [1.82, 2.24) is 5.32 Å². The number of morpholine rings is 1. The standard InChI is InChI=1S/C13H17NO/c1-2-5-12(6-3-1)7-4-8-13-11-14-9-10-15-13/h1-7,13-14H,8-11H2. The Morgan fingerprint density at radius 1 is 1.33 bits per heavy atom. The Bertz CT molecular complexity index is 302. The molecule has 80 valence electrons. The molecule has 0 spiro atoms. The lowest BCUT2D eigenvalue weighted by Crippen LogP contribution is -2.38. The van der Waals surface area contributed by atoms with Gasteiger partial charge in [-0.15, -0.1) is 0 Å². The molecule has 0 aliphatic carbocycles. The molecular weight excluding hydrogens is 186 g/mol. The van der Waals surface area contributed by atoms with E-state index in [2.05, 4.69) is 41.7 Å². The van der Waals surface area contributed by atoms with Gasteiger partial charge in [-0.1, -0.05) is 42.5 Å². The first kappa shape index (κ1) is 10.4. The fourth-order valence-corrected chi connectivity index (χ4v) is 1.69. The van der Waals surface area contributed by atoms with E-state index in [4.69, 9.17) is 4.74 Å². The van der Waals surface area contributed by atoms with Crippen LogP contribution in [-0.4, -0.2) is 25.8 Å². The fraction of sp³-hybridized carbons (Fsp3) is 0.385. The number of rotatable bonds is 3. The van der Waals surface area contributed by atoms with Crippen molar-refractivity contribution >= 4 is 6.08 Å². The average molecular weight is 203 g/mol. The quantitative estimate of drug-likeness (QED) is 0.812. The molecule has 1 N–H and O–H groups in total. The van der Waals surface area contributed by atoms with Crippen molar-refractivity contribution in [3.05, 3.63) is 42.0 Å². The van der Waals surface area contributed by atoms with Crippen molar-refractivity contribution in [2.75, 3.05) is 19.7 Å². The third-order valence-electron chi connectivity index (χ3n) is 2.51. The number of ether oxygens (including phenoxy) is 1. The molecule has 0 amide bonds. The van der Waals surface area contributed by atoms with Gasteiger partial charge in [0.2, 0.25) is 0 Å². The Hall–Kier alpha value is -1.12. The van der Waals surface area contributed by atoms with Crippen molar-refractivity contribution in [3.63, 3.8) is 0 Å². The number of hydrogen-bond acceptors (Lipinski definition) is 2. The number of nitrogens with one attached hydrogen (secondary N) is 1. The molecule has 2 nitrogen and oxygen atoms in total. The van der Waals surface area contributed by atoms with Crippen molar-refractivity contribution in [2.45, 2.75) is 12.5 Å². The van der Waals surface area contributed by atoms with Crippen molar-refractivity contribution in [1.29, 1.82) is 0 Å². The zero-order valence-electron chi connectivity index (χ0n) is 8.86. The molecule has 0 saturated carbocycles. The van der Waals surface area contributed by atoms with Crippen LogP contribution < -0.4 is 5.32 Å². The van der Waals surface area contributed by atoms with E-state index in [1.807, 2.05) is 6.07 Å². The molecule has 1 heterocycles. The van der Waals surface area contributed by atoms with Crippen LogP contribution in [0, 0.1) is 0 Å². The summed E-state index contributed by atoms with van der Waals surface area (Å²) >= 11 is 0. The van der Waals surface area contributed by atoms with Gasteiger partial charge in [0.15, 0.2) is 0 Å². The highest BCUT2D eigenvalue weighted by molar-refractivity contribution is 5.48. The molecule has 2 rings (SSSR count). The fourth-order valence-electron chi connectivity index (χ4n) is 1.69. The molecule has 1 aliphatic heterocycles. The molecule has 1 saturated heterocycles. The first-order valence-electron chi connectivity index (χ1n) is 5.49. The second-order valence-electron chi connectivity index (χ2n) is 3.75. The Balaban J connectivity index is 1.79. The van der Waals surface area contributed by atoms with Gasteiger partial charge in [0.1, 0.15) is 0 Å². The van der Waals surface area contributed by atoms with E-state index >= 15 is 0 Å². The van der Waals surface area contributed by atoms with E-state index in [0.29, 0.717) is 6.10 Å². The second-order valence-corrected chi connectivity index (χ2v) is 3.75. The maximum atomic E-state index is 5.60. The topological polar surface area (TPSA) is 21.3 Å². The summed E-state index contributed by atoms with van der Waals surface area (Å²) in [5.74, 6) is 0. The van der Waals surface area contributed by atoms with Gasteiger partial charge in [-0.05, 0) is 12.0 Å². The Labute approximate surface area is 91.0 Å². The molecular formula is C13H17NO. The summed E-state index contributed by atoms with van der Waals surface area (Å²) in [6.45, 7) is 2.79. The highest BCUT2D eigenvalue weighted by Crippen LogP contribution is 2.06. The van der Waals surface area contributed by atoms with E-state index in [0.717, 1.165) is 26.1 Å². The van der Waals surface area contributed by atoms with Crippen LogP contribution in [0.15, 0.2) is 36.4 Å². The minimum atomic E-state index is 0.346. The van der Waals surface area contributed by atoms with Crippen LogP contribution in [-0.2, 0) is 4.74 Å². The van der Waals surface area contributed by atoms with Crippen LogP contribution in [0.5, 0.6) is 0 Å². The van der Waals surface area contributed by atoms with Gasteiger partial charge in [0.05, 0.1) is 12.7 Å². The van der Waals surface area contributed by atoms with Crippen LogP contribution in [0.1, 0.15) is 12.0 Å². The predicted molar refractivity (Wildman–Crippen MR) is 62.7 cm³/mol. The van der Waals surface area contributed by atoms with E-state index in [1.165, 1.54) is 5.56 Å². The Morgan fingerprint density at radius 2 is 2.20 bits per heavy atom. The van der Waals surface area contributed by atoms with Crippen LogP contribution in [0.25, 0.3) is 6.08 Å². The third-order valence-corrected chi connectivity index (χ3v) is 2.51. The first-order chi connectivity index (χ1) is 7.45. The van der Waals surface area contributed by atoms with Gasteiger partial charge in [-0.3, -0.25) is 0 Å². The van der Waals surface area contributed by atoms with Crippen LogP contribution in [0.2, 0.25) is 0 Å². The Kier molecular flexibility index (Phi) is 3.94. The molecule has 1 aromatic carbocycles. The molecule has 1 aromatic rings. The maximum Gasteiger partial charge on any atom is 0.0734 e. The molecule has 15 heavy (non-hydrogen) atoms. The van der Waals surface area contributed by atoms with Crippen LogP contribution in [0.4, 0.5) is 0 Å². The average Bonchev–Trinajstić information content (AvgIpc) is 2.32. The van der Waals surface area contributed by atoms with E-state index < -0.39 is 0 Å².